The maximum atomic E-state index is 14.5. The molecule has 0 bridgehead atoms. The smallest absolute Gasteiger partial charge is 0.269 e. The van der Waals surface area contributed by atoms with Gasteiger partial charge in [0.25, 0.3) is 11.6 Å². The van der Waals surface area contributed by atoms with Crippen LogP contribution in [-0.4, -0.2) is 39.3 Å². The number of benzene rings is 3. The van der Waals surface area contributed by atoms with Crippen molar-refractivity contribution in [2.45, 2.75) is 19.5 Å². The first kappa shape index (κ1) is 24.8. The molecule has 4 aromatic rings. The van der Waals surface area contributed by atoms with E-state index < -0.39 is 10.7 Å². The second-order valence-electron chi connectivity index (χ2n) is 8.91. The molecule has 1 aromatic heterocycles. The second kappa shape index (κ2) is 10.6. The van der Waals surface area contributed by atoms with Crippen LogP contribution in [0, 0.1) is 15.9 Å². The highest BCUT2D eigenvalue weighted by Crippen LogP contribution is 2.33. The van der Waals surface area contributed by atoms with Gasteiger partial charge < -0.3 is 14.5 Å². The molecule has 1 amide bonds. The molecule has 0 aliphatic carbocycles. The predicted octanol–water partition coefficient (Wildman–Crippen LogP) is 5.15. The molecule has 1 aliphatic heterocycles. The lowest BCUT2D eigenvalue weighted by Crippen LogP contribution is -2.37. The molecular formula is C28H24FN5O4. The summed E-state index contributed by atoms with van der Waals surface area (Å²) >= 11 is 0. The molecule has 0 saturated heterocycles. The van der Waals surface area contributed by atoms with E-state index in [4.69, 9.17) is 9.72 Å². The highest BCUT2D eigenvalue weighted by molar-refractivity contribution is 5.94. The molecule has 1 aliphatic rings. The van der Waals surface area contributed by atoms with Crippen molar-refractivity contribution >= 4 is 17.5 Å². The quantitative estimate of drug-likeness (QED) is 0.249. The summed E-state index contributed by atoms with van der Waals surface area (Å²) in [6.45, 7) is 1.10. The molecule has 0 fully saturated rings. The molecule has 0 spiro atoms. The Morgan fingerprint density at radius 1 is 1.05 bits per heavy atom. The van der Waals surface area contributed by atoms with Crippen molar-refractivity contribution < 1.29 is 18.8 Å². The molecule has 10 heteroatoms. The number of hydrogen-bond donors (Lipinski definition) is 0. The molecule has 192 valence electrons. The Morgan fingerprint density at radius 3 is 2.47 bits per heavy atom. The summed E-state index contributed by atoms with van der Waals surface area (Å²) in [6, 6.07) is 21.4. The van der Waals surface area contributed by atoms with E-state index in [0.29, 0.717) is 42.3 Å². The number of ether oxygens (including phenoxy) is 1. The number of nitro benzene ring substituents is 1. The first-order valence-corrected chi connectivity index (χ1v) is 12.0. The van der Waals surface area contributed by atoms with Gasteiger partial charge in [-0.1, -0.05) is 42.5 Å². The van der Waals surface area contributed by atoms with Crippen molar-refractivity contribution in [3.05, 3.63) is 117 Å². The number of hydrogen-bond acceptors (Lipinski definition) is 7. The summed E-state index contributed by atoms with van der Waals surface area (Å²) < 4.78 is 20.4. The topological polar surface area (TPSA) is 102 Å². The summed E-state index contributed by atoms with van der Waals surface area (Å²) in [5.41, 5.74) is 2.62. The first-order valence-electron chi connectivity index (χ1n) is 12.0. The summed E-state index contributed by atoms with van der Waals surface area (Å²) in [4.78, 5) is 36.5. The Labute approximate surface area is 218 Å². The summed E-state index contributed by atoms with van der Waals surface area (Å²) in [5, 5.41) is 11.0. The zero-order chi connectivity index (χ0) is 26.6. The summed E-state index contributed by atoms with van der Waals surface area (Å²) in [6.07, 6.45) is 0.441. The van der Waals surface area contributed by atoms with Crippen LogP contribution >= 0.6 is 0 Å². The number of fused-ring (bicyclic) bond motifs is 1. The third-order valence-corrected chi connectivity index (χ3v) is 6.27. The summed E-state index contributed by atoms with van der Waals surface area (Å²) in [7, 11) is 1.87. The number of nitro groups is 1. The van der Waals surface area contributed by atoms with E-state index in [1.807, 2.05) is 42.3 Å². The largest absolute Gasteiger partial charge is 0.435 e. The van der Waals surface area contributed by atoms with E-state index in [1.165, 1.54) is 36.4 Å². The monoisotopic (exact) mass is 513 g/mol. The predicted molar refractivity (Wildman–Crippen MR) is 139 cm³/mol. The van der Waals surface area contributed by atoms with Gasteiger partial charge >= 0.3 is 0 Å². The Morgan fingerprint density at radius 2 is 1.76 bits per heavy atom. The number of para-hydroxylation sites is 1. The molecule has 0 unspecified atom stereocenters. The van der Waals surface area contributed by atoms with E-state index in [9.17, 15) is 19.3 Å². The van der Waals surface area contributed by atoms with Crippen molar-refractivity contribution in [2.75, 3.05) is 18.5 Å². The minimum absolute atomic E-state index is 0.0175. The van der Waals surface area contributed by atoms with Crippen LogP contribution in [0.15, 0.2) is 78.9 Å². The summed E-state index contributed by atoms with van der Waals surface area (Å²) in [5.74, 6) is -0.199. The molecule has 9 nitrogen and oxygen atoms in total. The lowest BCUT2D eigenvalue weighted by molar-refractivity contribution is -0.384. The molecule has 2 heterocycles. The minimum Gasteiger partial charge on any atom is -0.435 e. The Hall–Kier alpha value is -4.86. The highest BCUT2D eigenvalue weighted by atomic mass is 19.1. The van der Waals surface area contributed by atoms with Crippen molar-refractivity contribution in [1.29, 1.82) is 0 Å². The normalized spacial score (nSPS) is 12.5. The van der Waals surface area contributed by atoms with Crippen LogP contribution in [0.1, 0.15) is 27.2 Å². The number of aromatic nitrogens is 2. The molecule has 5 rings (SSSR count). The Balaban J connectivity index is 1.46. The average molecular weight is 514 g/mol. The Bertz CT molecular complexity index is 1480. The lowest BCUT2D eigenvalue weighted by atomic mass is 10.0. The van der Waals surface area contributed by atoms with Crippen LogP contribution in [0.4, 0.5) is 16.0 Å². The fourth-order valence-electron chi connectivity index (χ4n) is 4.27. The van der Waals surface area contributed by atoms with Crippen molar-refractivity contribution in [1.82, 2.24) is 14.9 Å². The van der Waals surface area contributed by atoms with E-state index in [-0.39, 0.29) is 29.8 Å². The third-order valence-electron chi connectivity index (χ3n) is 6.27. The van der Waals surface area contributed by atoms with Crippen molar-refractivity contribution in [3.8, 4) is 11.6 Å². The Kier molecular flexibility index (Phi) is 6.94. The number of carbonyl (C=O) groups excluding carboxylic acids is 1. The van der Waals surface area contributed by atoms with Gasteiger partial charge in [-0.15, -0.1) is 0 Å². The van der Waals surface area contributed by atoms with Gasteiger partial charge in [-0.3, -0.25) is 14.9 Å². The van der Waals surface area contributed by atoms with Crippen LogP contribution in [0.5, 0.6) is 11.6 Å². The molecular weight excluding hydrogens is 489 g/mol. The maximum Gasteiger partial charge on any atom is 0.269 e. The average Bonchev–Trinajstić information content (AvgIpc) is 2.94. The number of nitrogens with zero attached hydrogens (tertiary/aromatic N) is 5. The van der Waals surface area contributed by atoms with E-state index in [0.717, 1.165) is 5.56 Å². The standard InChI is InChI=1S/C28H24FN5O4/c1-32(17-19-7-3-2-4-8-19)28-30-24-15-16-33(27(35)20-11-13-21(14-12-20)34(36)37)18-22(24)26(31-28)38-25-10-6-5-9-23(25)29/h2-14H,15-18H2,1H3. The molecule has 0 atom stereocenters. The number of non-ortho nitro benzene ring substituents is 1. The molecule has 3 aromatic carbocycles. The number of rotatable bonds is 7. The van der Waals surface area contributed by atoms with Crippen molar-refractivity contribution in [3.63, 3.8) is 0 Å². The number of amides is 1. The van der Waals surface area contributed by atoms with Gasteiger partial charge in [0.05, 0.1) is 22.7 Å². The second-order valence-corrected chi connectivity index (χ2v) is 8.91. The molecule has 0 saturated carbocycles. The van der Waals surface area contributed by atoms with Gasteiger partial charge in [0, 0.05) is 44.3 Å². The van der Waals surface area contributed by atoms with Gasteiger partial charge in [-0.25, -0.2) is 9.37 Å². The van der Waals surface area contributed by atoms with Gasteiger partial charge in [0.15, 0.2) is 11.6 Å². The molecule has 0 radical (unpaired) electrons. The zero-order valence-electron chi connectivity index (χ0n) is 20.6. The fourth-order valence-corrected chi connectivity index (χ4v) is 4.27. The number of carbonyl (C=O) groups is 1. The first-order chi connectivity index (χ1) is 18.4. The van der Waals surface area contributed by atoms with Crippen LogP contribution in [0.2, 0.25) is 0 Å². The van der Waals surface area contributed by atoms with Gasteiger partial charge in [-0.05, 0) is 29.8 Å². The van der Waals surface area contributed by atoms with E-state index >= 15 is 0 Å². The van der Waals surface area contributed by atoms with Gasteiger partial charge in [-0.2, -0.15) is 4.98 Å². The van der Waals surface area contributed by atoms with Gasteiger partial charge in [0.1, 0.15) is 0 Å². The number of anilines is 1. The zero-order valence-corrected chi connectivity index (χ0v) is 20.6. The lowest BCUT2D eigenvalue weighted by Gasteiger charge is -2.30. The molecule has 38 heavy (non-hydrogen) atoms. The van der Waals surface area contributed by atoms with Crippen molar-refractivity contribution in [2.24, 2.45) is 0 Å². The van der Waals surface area contributed by atoms with Crippen LogP contribution < -0.4 is 9.64 Å². The molecule has 0 N–H and O–H groups in total. The van der Waals surface area contributed by atoms with Gasteiger partial charge in [0.2, 0.25) is 11.8 Å². The third kappa shape index (κ3) is 5.29. The maximum absolute atomic E-state index is 14.5. The minimum atomic E-state index is -0.534. The van der Waals surface area contributed by atoms with Crippen LogP contribution in [0.25, 0.3) is 0 Å². The van der Waals surface area contributed by atoms with Crippen LogP contribution in [-0.2, 0) is 19.5 Å². The van der Waals surface area contributed by atoms with E-state index in [2.05, 4.69) is 4.98 Å². The van der Waals surface area contributed by atoms with Crippen LogP contribution in [0.3, 0.4) is 0 Å². The highest BCUT2D eigenvalue weighted by Gasteiger charge is 2.28. The SMILES string of the molecule is CN(Cc1ccccc1)c1nc2c(c(Oc3ccccc3F)n1)CN(C(=O)c1ccc([N+](=O)[O-])cc1)CC2. The number of halogens is 1. The fraction of sp³-hybridized carbons (Fsp3) is 0.179. The van der Waals surface area contributed by atoms with E-state index in [1.54, 1.807) is 17.0 Å².